The first-order valence-corrected chi connectivity index (χ1v) is 13.1. The summed E-state index contributed by atoms with van der Waals surface area (Å²) >= 11 is 0. The fourth-order valence-electron chi connectivity index (χ4n) is 4.61. The van der Waals surface area contributed by atoms with E-state index in [-0.39, 0.29) is 45.4 Å². The molecular formula is C25H24N4O7S. The molecule has 37 heavy (non-hydrogen) atoms. The molecule has 0 aliphatic carbocycles. The lowest BCUT2D eigenvalue weighted by Crippen LogP contribution is -2.51. The number of aromatic carboxylic acids is 1. The minimum absolute atomic E-state index is 0.00931. The molecule has 1 aliphatic heterocycles. The van der Waals surface area contributed by atoms with E-state index >= 15 is 0 Å². The van der Waals surface area contributed by atoms with Gasteiger partial charge in [0.1, 0.15) is 12.1 Å². The number of carboxylic acids is 1. The molecule has 2 aromatic heterocycles. The van der Waals surface area contributed by atoms with Crippen LogP contribution in [0.4, 0.5) is 4.79 Å². The van der Waals surface area contributed by atoms with Gasteiger partial charge in [0.2, 0.25) is 0 Å². The molecule has 0 radical (unpaired) electrons. The number of fused-ring (bicyclic) bond motifs is 3. The summed E-state index contributed by atoms with van der Waals surface area (Å²) in [4.78, 5) is 42.5. The first kappa shape index (κ1) is 24.5. The SMILES string of the molecule is O=C(O)c1c[nH]c2c(=O)[nH]c3ccc(S(=O)(=O)N(C(=O)OCc4ccccc4)C4CCCNC4)cc3c12. The molecule has 1 unspecified atom stereocenters. The number of sulfonamides is 1. The molecule has 1 aliphatic rings. The van der Waals surface area contributed by atoms with E-state index in [1.165, 1.54) is 24.4 Å². The third kappa shape index (κ3) is 4.56. The van der Waals surface area contributed by atoms with E-state index in [1.807, 2.05) is 6.07 Å². The molecule has 1 saturated heterocycles. The van der Waals surface area contributed by atoms with Crippen LogP contribution in [0, 0.1) is 0 Å². The van der Waals surface area contributed by atoms with Gasteiger partial charge < -0.3 is 25.1 Å². The third-order valence-electron chi connectivity index (χ3n) is 6.39. The van der Waals surface area contributed by atoms with E-state index in [9.17, 15) is 27.9 Å². The predicted molar refractivity (Wildman–Crippen MR) is 135 cm³/mol. The van der Waals surface area contributed by atoms with Crippen LogP contribution in [0.25, 0.3) is 21.8 Å². The number of aromatic nitrogens is 2. The summed E-state index contributed by atoms with van der Waals surface area (Å²) in [5.41, 5.74) is 0.271. The molecule has 4 aromatic rings. The summed E-state index contributed by atoms with van der Waals surface area (Å²) in [5.74, 6) is -1.27. The lowest BCUT2D eigenvalue weighted by molar-refractivity contribution is 0.0699. The molecular weight excluding hydrogens is 500 g/mol. The number of amides is 1. The molecule has 3 heterocycles. The smallest absolute Gasteiger partial charge is 0.424 e. The Balaban J connectivity index is 1.59. The zero-order valence-corrected chi connectivity index (χ0v) is 20.4. The minimum atomic E-state index is -4.42. The Bertz CT molecular complexity index is 1660. The molecule has 1 atom stereocenters. The number of carboxylic acid groups (broad SMARTS) is 1. The third-order valence-corrected chi connectivity index (χ3v) is 8.21. The van der Waals surface area contributed by atoms with Crippen molar-refractivity contribution < 1.29 is 27.9 Å². The number of aromatic amines is 2. The van der Waals surface area contributed by atoms with Crippen LogP contribution in [0.2, 0.25) is 0 Å². The van der Waals surface area contributed by atoms with Gasteiger partial charge in [-0.05, 0) is 43.1 Å². The number of hydrogen-bond acceptors (Lipinski definition) is 7. The topological polar surface area (TPSA) is 162 Å². The van der Waals surface area contributed by atoms with E-state index in [4.69, 9.17) is 4.74 Å². The Morgan fingerprint density at radius 2 is 1.92 bits per heavy atom. The largest absolute Gasteiger partial charge is 0.478 e. The second-order valence-electron chi connectivity index (χ2n) is 8.76. The van der Waals surface area contributed by atoms with Gasteiger partial charge in [0.15, 0.2) is 0 Å². The van der Waals surface area contributed by atoms with Crippen LogP contribution in [0.15, 0.2) is 64.4 Å². The summed E-state index contributed by atoms with van der Waals surface area (Å²) in [7, 11) is -4.42. The van der Waals surface area contributed by atoms with Crippen molar-refractivity contribution in [3.05, 3.63) is 76.2 Å². The fraction of sp³-hybridized carbons (Fsp3) is 0.240. The Morgan fingerprint density at radius 1 is 1.14 bits per heavy atom. The number of piperidine rings is 1. The Labute approximate surface area is 211 Å². The van der Waals surface area contributed by atoms with Crippen molar-refractivity contribution in [1.82, 2.24) is 19.6 Å². The number of nitrogens with zero attached hydrogens (tertiary/aromatic N) is 1. The van der Waals surface area contributed by atoms with Crippen molar-refractivity contribution in [3.63, 3.8) is 0 Å². The Kier molecular flexibility index (Phi) is 6.44. The van der Waals surface area contributed by atoms with E-state index in [1.54, 1.807) is 24.3 Å². The van der Waals surface area contributed by atoms with Crippen LogP contribution in [0.1, 0.15) is 28.8 Å². The van der Waals surface area contributed by atoms with Gasteiger partial charge in [0, 0.05) is 29.0 Å². The highest BCUT2D eigenvalue weighted by Gasteiger charge is 2.38. The summed E-state index contributed by atoms with van der Waals surface area (Å²) in [5, 5.41) is 13.0. The molecule has 4 N–H and O–H groups in total. The second-order valence-corrected chi connectivity index (χ2v) is 10.6. The molecule has 1 fully saturated rings. The summed E-state index contributed by atoms with van der Waals surface area (Å²) in [6, 6.07) is 12.2. The van der Waals surface area contributed by atoms with Gasteiger partial charge >= 0.3 is 12.1 Å². The van der Waals surface area contributed by atoms with Crippen molar-refractivity contribution in [2.45, 2.75) is 30.4 Å². The van der Waals surface area contributed by atoms with Crippen LogP contribution in [-0.2, 0) is 21.4 Å². The number of rotatable bonds is 6. The molecule has 0 saturated carbocycles. The number of benzene rings is 2. The van der Waals surface area contributed by atoms with Crippen molar-refractivity contribution >= 4 is 43.9 Å². The van der Waals surface area contributed by atoms with Crippen LogP contribution >= 0.6 is 0 Å². The van der Waals surface area contributed by atoms with Gasteiger partial charge in [-0.2, -0.15) is 4.31 Å². The van der Waals surface area contributed by atoms with Crippen LogP contribution < -0.4 is 10.9 Å². The molecule has 0 bridgehead atoms. The molecule has 5 rings (SSSR count). The number of pyridine rings is 1. The maximum Gasteiger partial charge on any atom is 0.424 e. The van der Waals surface area contributed by atoms with Gasteiger partial charge in [-0.15, -0.1) is 0 Å². The molecule has 0 spiro atoms. The number of nitrogens with one attached hydrogen (secondary N) is 3. The van der Waals surface area contributed by atoms with Crippen LogP contribution in [-0.4, -0.2) is 59.0 Å². The maximum absolute atomic E-state index is 13.9. The van der Waals surface area contributed by atoms with Crippen molar-refractivity contribution in [2.75, 3.05) is 13.1 Å². The molecule has 1 amide bonds. The normalized spacial score (nSPS) is 16.1. The molecule has 2 aromatic carbocycles. The van der Waals surface area contributed by atoms with Gasteiger partial charge in [-0.25, -0.2) is 18.0 Å². The van der Waals surface area contributed by atoms with E-state index in [0.29, 0.717) is 24.9 Å². The van der Waals surface area contributed by atoms with Crippen LogP contribution in [0.5, 0.6) is 0 Å². The standard InChI is InChI=1S/C25H24N4O7S/c30-23-22-21(19(13-27-22)24(31)32)18-11-17(8-9-20(18)28-23)37(34,35)29(16-7-4-10-26-12-16)25(33)36-14-15-5-2-1-3-6-15/h1-3,5-6,8-9,11,13,16,26-27H,4,7,10,12,14H2,(H,28,30)(H,31,32). The van der Waals surface area contributed by atoms with Gasteiger partial charge in [0.25, 0.3) is 15.6 Å². The average Bonchev–Trinajstić information content (AvgIpc) is 3.35. The van der Waals surface area contributed by atoms with Crippen molar-refractivity contribution in [2.24, 2.45) is 0 Å². The Hall–Kier alpha value is -4.16. The van der Waals surface area contributed by atoms with Gasteiger partial charge in [0.05, 0.1) is 16.5 Å². The predicted octanol–water partition coefficient (Wildman–Crippen LogP) is 2.79. The number of ether oxygens (including phenoxy) is 1. The number of carbonyl (C=O) groups is 2. The Morgan fingerprint density at radius 3 is 2.62 bits per heavy atom. The molecule has 11 nitrogen and oxygen atoms in total. The highest BCUT2D eigenvalue weighted by atomic mass is 32.2. The zero-order valence-electron chi connectivity index (χ0n) is 19.6. The monoisotopic (exact) mass is 524 g/mol. The summed E-state index contributed by atoms with van der Waals surface area (Å²) in [6.07, 6.45) is 1.31. The second kappa shape index (κ2) is 9.71. The minimum Gasteiger partial charge on any atom is -0.478 e. The first-order valence-electron chi connectivity index (χ1n) is 11.6. The summed E-state index contributed by atoms with van der Waals surface area (Å²) < 4.78 is 34.0. The van der Waals surface area contributed by atoms with E-state index < -0.39 is 33.7 Å². The van der Waals surface area contributed by atoms with Crippen molar-refractivity contribution in [1.29, 1.82) is 0 Å². The van der Waals surface area contributed by atoms with Crippen molar-refractivity contribution in [3.8, 4) is 0 Å². The van der Waals surface area contributed by atoms with E-state index in [0.717, 1.165) is 4.31 Å². The lowest BCUT2D eigenvalue weighted by atomic mass is 10.1. The lowest BCUT2D eigenvalue weighted by Gasteiger charge is -2.33. The maximum atomic E-state index is 13.9. The summed E-state index contributed by atoms with van der Waals surface area (Å²) in [6.45, 7) is 0.874. The fourth-order valence-corrected chi connectivity index (χ4v) is 6.16. The molecule has 12 heteroatoms. The van der Waals surface area contributed by atoms with E-state index in [2.05, 4.69) is 15.3 Å². The number of hydrogen-bond donors (Lipinski definition) is 4. The highest BCUT2D eigenvalue weighted by Crippen LogP contribution is 2.30. The van der Waals surface area contributed by atoms with Gasteiger partial charge in [-0.1, -0.05) is 30.3 Å². The van der Waals surface area contributed by atoms with Gasteiger partial charge in [-0.3, -0.25) is 4.79 Å². The first-order chi connectivity index (χ1) is 17.8. The zero-order chi connectivity index (χ0) is 26.2. The average molecular weight is 525 g/mol. The highest BCUT2D eigenvalue weighted by molar-refractivity contribution is 7.89. The number of H-pyrrole nitrogens is 2. The number of carbonyl (C=O) groups excluding carboxylic acids is 1. The van der Waals surface area contributed by atoms with Crippen LogP contribution in [0.3, 0.4) is 0 Å². The molecule has 192 valence electrons. The quantitative estimate of drug-likeness (QED) is 0.299.